The summed E-state index contributed by atoms with van der Waals surface area (Å²) in [4.78, 5) is 4.42. The van der Waals surface area contributed by atoms with Crippen LogP contribution in [-0.4, -0.2) is 65.0 Å². The molecule has 0 atom stereocenters. The van der Waals surface area contributed by atoms with Crippen LogP contribution in [0.15, 0.2) is 24.3 Å². The summed E-state index contributed by atoms with van der Waals surface area (Å²) in [5.41, 5.74) is 1.18. The summed E-state index contributed by atoms with van der Waals surface area (Å²) in [5.74, 6) is 0. The van der Waals surface area contributed by atoms with E-state index in [9.17, 15) is 0 Å². The Morgan fingerprint density at radius 1 is 1.24 bits per heavy atom. The maximum Gasteiger partial charge on any atom is 0.133 e. The van der Waals surface area contributed by atoms with Crippen molar-refractivity contribution < 1.29 is 0 Å². The zero-order chi connectivity index (χ0) is 11.5. The first-order valence-electron chi connectivity index (χ1n) is 5.15. The molecule has 0 aliphatic carbocycles. The fourth-order valence-electron chi connectivity index (χ4n) is 1.83. The van der Waals surface area contributed by atoms with Crippen molar-refractivity contribution in [1.29, 1.82) is 0 Å². The number of benzene rings is 1. The van der Waals surface area contributed by atoms with E-state index in [0.29, 0.717) is 4.32 Å². The van der Waals surface area contributed by atoms with Crippen molar-refractivity contribution in [2.75, 3.05) is 31.1 Å². The Bertz CT molecular complexity index is 395. The Balaban J connectivity index is 0.00000144. The third kappa shape index (κ3) is 4.30. The van der Waals surface area contributed by atoms with Crippen molar-refractivity contribution in [1.82, 2.24) is 4.90 Å². The van der Waals surface area contributed by atoms with Crippen molar-refractivity contribution in [2.45, 2.75) is 0 Å². The van der Waals surface area contributed by atoms with E-state index in [4.69, 9.17) is 23.8 Å². The predicted molar refractivity (Wildman–Crippen MR) is 82.6 cm³/mol. The zero-order valence-electron chi connectivity index (χ0n) is 9.77. The number of hydrogen-bond donors (Lipinski definition) is 1. The molecule has 17 heavy (non-hydrogen) atoms. The standard InChI is InChI=1S/C11H13ClN2S2.Na/c12-9-2-1-3-10(8-9)13-4-6-14(7-5-13)11(15)16;/h1-3,8H,4-7H2,(H,15,16);. The average molecular weight is 296 g/mol. The summed E-state index contributed by atoms with van der Waals surface area (Å²) in [6, 6.07) is 7.95. The monoisotopic (exact) mass is 295 g/mol. The molecule has 2 nitrogen and oxygen atoms in total. The van der Waals surface area contributed by atoms with Gasteiger partial charge in [0.1, 0.15) is 4.32 Å². The summed E-state index contributed by atoms with van der Waals surface area (Å²) >= 11 is 15.2. The second-order valence-electron chi connectivity index (χ2n) is 3.74. The largest absolute Gasteiger partial charge is 0.368 e. The number of thiocarbonyl (C=S) groups is 1. The molecule has 0 saturated carbocycles. The number of hydrogen-bond acceptors (Lipinski definition) is 2. The first kappa shape index (κ1) is 15.6. The molecular formula is C11H13ClN2NaS2. The van der Waals surface area contributed by atoms with Crippen LogP contribution in [0.1, 0.15) is 0 Å². The van der Waals surface area contributed by atoms with Crippen LogP contribution in [0.4, 0.5) is 5.69 Å². The van der Waals surface area contributed by atoms with Crippen LogP contribution in [0.5, 0.6) is 0 Å². The van der Waals surface area contributed by atoms with Crippen molar-refractivity contribution in [3.8, 4) is 0 Å². The van der Waals surface area contributed by atoms with Gasteiger partial charge in [0.15, 0.2) is 0 Å². The van der Waals surface area contributed by atoms with Gasteiger partial charge in [-0.3, -0.25) is 0 Å². The van der Waals surface area contributed by atoms with Gasteiger partial charge in [0.25, 0.3) is 0 Å². The van der Waals surface area contributed by atoms with Gasteiger partial charge in [-0.1, -0.05) is 29.9 Å². The summed E-state index contributed by atoms with van der Waals surface area (Å²) in [7, 11) is 0. The molecule has 1 aromatic rings. The molecular weight excluding hydrogens is 283 g/mol. The van der Waals surface area contributed by atoms with Crippen molar-refractivity contribution in [3.63, 3.8) is 0 Å². The molecule has 1 fully saturated rings. The van der Waals surface area contributed by atoms with E-state index in [1.165, 1.54) is 5.69 Å². The van der Waals surface area contributed by atoms with Gasteiger partial charge in [0.05, 0.1) is 0 Å². The number of nitrogens with zero attached hydrogens (tertiary/aromatic N) is 2. The smallest absolute Gasteiger partial charge is 0.133 e. The van der Waals surface area contributed by atoms with Gasteiger partial charge < -0.3 is 9.80 Å². The number of halogens is 1. The van der Waals surface area contributed by atoms with Crippen molar-refractivity contribution in [3.05, 3.63) is 29.3 Å². The minimum atomic E-state index is 0. The summed E-state index contributed by atoms with van der Waals surface area (Å²) in [6.07, 6.45) is 0. The fourth-order valence-corrected chi connectivity index (χ4v) is 2.40. The summed E-state index contributed by atoms with van der Waals surface area (Å²) in [6.45, 7) is 3.77. The Labute approximate surface area is 140 Å². The molecule has 0 bridgehead atoms. The average Bonchev–Trinajstić information content (AvgIpc) is 2.29. The second-order valence-corrected chi connectivity index (χ2v) is 5.29. The molecule has 0 unspecified atom stereocenters. The molecule has 0 aromatic heterocycles. The van der Waals surface area contributed by atoms with E-state index < -0.39 is 0 Å². The molecule has 2 rings (SSSR count). The number of anilines is 1. The van der Waals surface area contributed by atoms with Crippen LogP contribution in [0.25, 0.3) is 0 Å². The minimum Gasteiger partial charge on any atom is -0.368 e. The Kier molecular flexibility index (Phi) is 6.62. The first-order valence-corrected chi connectivity index (χ1v) is 6.38. The van der Waals surface area contributed by atoms with Gasteiger partial charge >= 0.3 is 0 Å². The molecule has 1 radical (unpaired) electrons. The Morgan fingerprint density at radius 3 is 2.41 bits per heavy atom. The van der Waals surface area contributed by atoms with Gasteiger partial charge in [-0.15, -0.1) is 12.6 Å². The van der Waals surface area contributed by atoms with E-state index in [2.05, 4.69) is 28.5 Å². The molecule has 6 heteroatoms. The number of rotatable bonds is 1. The quantitative estimate of drug-likeness (QED) is 0.483. The van der Waals surface area contributed by atoms with Crippen LogP contribution in [0.2, 0.25) is 5.02 Å². The van der Waals surface area contributed by atoms with Gasteiger partial charge in [0, 0.05) is 66.4 Å². The zero-order valence-corrected chi connectivity index (χ0v) is 14.2. The third-order valence-corrected chi connectivity index (χ3v) is 3.50. The second kappa shape index (κ2) is 7.22. The predicted octanol–water partition coefficient (Wildman–Crippen LogP) is 2.30. The topological polar surface area (TPSA) is 6.48 Å². The van der Waals surface area contributed by atoms with Gasteiger partial charge in [0.2, 0.25) is 0 Å². The van der Waals surface area contributed by atoms with Crippen LogP contribution in [0.3, 0.4) is 0 Å². The first-order chi connectivity index (χ1) is 7.66. The molecule has 1 aliphatic rings. The minimum absolute atomic E-state index is 0. The molecule has 0 amide bonds. The molecule has 1 aliphatic heterocycles. The Morgan fingerprint density at radius 2 is 1.88 bits per heavy atom. The summed E-state index contributed by atoms with van der Waals surface area (Å²) < 4.78 is 0.686. The van der Waals surface area contributed by atoms with Gasteiger partial charge in [-0.05, 0) is 18.2 Å². The van der Waals surface area contributed by atoms with Crippen LogP contribution < -0.4 is 4.90 Å². The van der Waals surface area contributed by atoms with E-state index in [1.54, 1.807) is 0 Å². The fraction of sp³-hybridized carbons (Fsp3) is 0.364. The van der Waals surface area contributed by atoms with E-state index in [-0.39, 0.29) is 29.6 Å². The van der Waals surface area contributed by atoms with Crippen molar-refractivity contribution >= 4 is 76.0 Å². The molecule has 87 valence electrons. The molecule has 0 spiro atoms. The summed E-state index contributed by atoms with van der Waals surface area (Å²) in [5, 5.41) is 0.782. The van der Waals surface area contributed by atoms with E-state index in [1.807, 2.05) is 18.2 Å². The van der Waals surface area contributed by atoms with Crippen molar-refractivity contribution in [2.24, 2.45) is 0 Å². The van der Waals surface area contributed by atoms with Crippen LogP contribution >= 0.6 is 36.4 Å². The molecule has 1 heterocycles. The number of thiol groups is 1. The van der Waals surface area contributed by atoms with E-state index in [0.717, 1.165) is 31.2 Å². The van der Waals surface area contributed by atoms with Gasteiger partial charge in [-0.25, -0.2) is 0 Å². The third-order valence-electron chi connectivity index (χ3n) is 2.72. The maximum absolute atomic E-state index is 5.97. The SMILES string of the molecule is S=C(S)N1CCN(c2cccc(Cl)c2)CC1.[Na]. The van der Waals surface area contributed by atoms with E-state index >= 15 is 0 Å². The molecule has 0 N–H and O–H groups in total. The molecule has 1 saturated heterocycles. The Hall–Kier alpha value is 0.550. The van der Waals surface area contributed by atoms with Crippen LogP contribution in [0, 0.1) is 0 Å². The maximum atomic E-state index is 5.97. The van der Waals surface area contributed by atoms with Gasteiger partial charge in [-0.2, -0.15) is 0 Å². The normalized spacial score (nSPS) is 15.4. The number of piperazine rings is 1. The van der Waals surface area contributed by atoms with Crippen LogP contribution in [-0.2, 0) is 0 Å². The molecule has 1 aromatic carbocycles.